The first-order valence-electron chi connectivity index (χ1n) is 5.93. The van der Waals surface area contributed by atoms with Crippen molar-refractivity contribution in [2.24, 2.45) is 0 Å². The SMILES string of the molecule is Cc1ccc(S(=O)(=O)Nc2c(I)cc(Br)c(F)c2C#N)cc1. The second-order valence-electron chi connectivity index (χ2n) is 4.43. The molecular formula is C14H9BrFIN2O2S. The lowest BCUT2D eigenvalue weighted by Gasteiger charge is -2.13. The minimum atomic E-state index is -3.90. The number of benzene rings is 2. The summed E-state index contributed by atoms with van der Waals surface area (Å²) >= 11 is 4.84. The molecule has 0 saturated carbocycles. The van der Waals surface area contributed by atoms with Crippen molar-refractivity contribution in [2.75, 3.05) is 4.72 Å². The summed E-state index contributed by atoms with van der Waals surface area (Å²) in [7, 11) is -3.90. The molecule has 0 radical (unpaired) electrons. The minimum absolute atomic E-state index is 0.0427. The second kappa shape index (κ2) is 6.52. The van der Waals surface area contributed by atoms with Crippen molar-refractivity contribution >= 4 is 54.2 Å². The monoisotopic (exact) mass is 494 g/mol. The number of aryl methyl sites for hydroxylation is 1. The average Bonchev–Trinajstić information content (AvgIpc) is 2.45. The van der Waals surface area contributed by atoms with Crippen LogP contribution >= 0.6 is 38.5 Å². The summed E-state index contributed by atoms with van der Waals surface area (Å²) in [6.07, 6.45) is 0. The number of nitriles is 1. The molecule has 4 nitrogen and oxygen atoms in total. The van der Waals surface area contributed by atoms with Gasteiger partial charge in [-0.25, -0.2) is 12.8 Å². The number of sulfonamides is 1. The van der Waals surface area contributed by atoms with Crippen molar-refractivity contribution in [3.05, 3.63) is 55.3 Å². The summed E-state index contributed by atoms with van der Waals surface area (Å²) in [5.41, 5.74) is 0.500. The fourth-order valence-corrected chi connectivity index (χ4v) is 4.56. The molecule has 0 spiro atoms. The molecule has 1 N–H and O–H groups in total. The van der Waals surface area contributed by atoms with Crippen LogP contribution in [0.1, 0.15) is 11.1 Å². The van der Waals surface area contributed by atoms with Gasteiger partial charge in [-0.2, -0.15) is 5.26 Å². The van der Waals surface area contributed by atoms with Crippen LogP contribution in [0.3, 0.4) is 0 Å². The van der Waals surface area contributed by atoms with Crippen LogP contribution in [0, 0.1) is 27.6 Å². The Labute approximate surface area is 149 Å². The molecule has 0 aliphatic carbocycles. The van der Waals surface area contributed by atoms with E-state index in [-0.39, 0.29) is 20.6 Å². The van der Waals surface area contributed by atoms with Gasteiger partial charge in [-0.1, -0.05) is 17.7 Å². The molecule has 2 rings (SSSR count). The van der Waals surface area contributed by atoms with E-state index in [4.69, 9.17) is 5.26 Å². The highest BCUT2D eigenvalue weighted by atomic mass is 127. The molecule has 0 amide bonds. The number of hydrogen-bond donors (Lipinski definition) is 1. The molecule has 0 aliphatic heterocycles. The predicted molar refractivity (Wildman–Crippen MR) is 93.5 cm³/mol. The number of halogens is 3. The number of anilines is 1. The van der Waals surface area contributed by atoms with E-state index in [1.54, 1.807) is 18.2 Å². The van der Waals surface area contributed by atoms with Crippen LogP contribution in [0.2, 0.25) is 0 Å². The molecule has 0 atom stereocenters. The molecule has 0 bridgehead atoms. The highest BCUT2D eigenvalue weighted by Gasteiger charge is 2.22. The maximum absolute atomic E-state index is 14.0. The summed E-state index contributed by atoms with van der Waals surface area (Å²) in [6.45, 7) is 1.84. The first kappa shape index (κ1) is 17.2. The Bertz CT molecular complexity index is 877. The van der Waals surface area contributed by atoms with Crippen LogP contribution in [0.15, 0.2) is 39.7 Å². The molecule has 0 aromatic heterocycles. The lowest BCUT2D eigenvalue weighted by molar-refractivity contribution is 0.600. The van der Waals surface area contributed by atoms with E-state index in [2.05, 4.69) is 20.7 Å². The fraction of sp³-hybridized carbons (Fsp3) is 0.0714. The molecule has 0 saturated heterocycles. The van der Waals surface area contributed by atoms with Crippen molar-refractivity contribution in [1.29, 1.82) is 5.26 Å². The van der Waals surface area contributed by atoms with Crippen molar-refractivity contribution in [2.45, 2.75) is 11.8 Å². The topological polar surface area (TPSA) is 70.0 Å². The van der Waals surface area contributed by atoms with Gasteiger partial charge in [0.05, 0.1) is 15.1 Å². The molecule has 2 aromatic carbocycles. The first-order valence-corrected chi connectivity index (χ1v) is 9.29. The number of nitrogens with zero attached hydrogens (tertiary/aromatic N) is 1. The van der Waals surface area contributed by atoms with E-state index in [1.165, 1.54) is 18.2 Å². The summed E-state index contributed by atoms with van der Waals surface area (Å²) < 4.78 is 41.5. The Morgan fingerprint density at radius 1 is 1.32 bits per heavy atom. The van der Waals surface area contributed by atoms with Crippen LogP contribution in [0.4, 0.5) is 10.1 Å². The molecular weight excluding hydrogens is 486 g/mol. The van der Waals surface area contributed by atoms with Crippen molar-refractivity contribution in [3.8, 4) is 6.07 Å². The van der Waals surface area contributed by atoms with Gasteiger partial charge in [0.15, 0.2) is 5.82 Å². The Kier molecular flexibility index (Phi) is 5.09. The summed E-state index contributed by atoms with van der Waals surface area (Å²) in [4.78, 5) is 0.0427. The average molecular weight is 495 g/mol. The zero-order chi connectivity index (χ0) is 16.5. The smallest absolute Gasteiger partial charge is 0.261 e. The Morgan fingerprint density at radius 3 is 2.45 bits per heavy atom. The van der Waals surface area contributed by atoms with Gasteiger partial charge in [0.2, 0.25) is 0 Å². The number of nitrogens with one attached hydrogen (secondary N) is 1. The van der Waals surface area contributed by atoms with E-state index in [9.17, 15) is 12.8 Å². The summed E-state index contributed by atoms with van der Waals surface area (Å²) in [6, 6.07) is 9.32. The minimum Gasteiger partial charge on any atom is -0.277 e. The first-order chi connectivity index (χ1) is 10.3. The van der Waals surface area contributed by atoms with Crippen LogP contribution in [-0.2, 0) is 10.0 Å². The quantitative estimate of drug-likeness (QED) is 0.514. The lowest BCUT2D eigenvalue weighted by atomic mass is 10.2. The standard InChI is InChI=1S/C14H9BrFIN2O2S/c1-8-2-4-9(5-3-8)22(20,21)19-14-10(7-18)13(16)11(15)6-12(14)17/h2-6,19H,1H3. The van der Waals surface area contributed by atoms with Crippen LogP contribution in [-0.4, -0.2) is 8.42 Å². The lowest BCUT2D eigenvalue weighted by Crippen LogP contribution is -2.15. The molecule has 0 heterocycles. The maximum atomic E-state index is 14.0. The molecule has 8 heteroatoms. The molecule has 22 heavy (non-hydrogen) atoms. The molecule has 2 aromatic rings. The van der Waals surface area contributed by atoms with E-state index in [0.29, 0.717) is 3.57 Å². The fourth-order valence-electron chi connectivity index (χ4n) is 1.71. The van der Waals surface area contributed by atoms with Gasteiger partial charge < -0.3 is 0 Å². The Balaban J connectivity index is 2.53. The van der Waals surface area contributed by atoms with Crippen LogP contribution in [0.25, 0.3) is 0 Å². The van der Waals surface area contributed by atoms with Gasteiger partial charge in [-0.15, -0.1) is 0 Å². The van der Waals surface area contributed by atoms with Gasteiger partial charge in [0.25, 0.3) is 10.0 Å². The normalized spacial score (nSPS) is 11.0. The van der Waals surface area contributed by atoms with Crippen LogP contribution in [0.5, 0.6) is 0 Å². The van der Waals surface area contributed by atoms with Gasteiger partial charge in [-0.3, -0.25) is 4.72 Å². The predicted octanol–water partition coefficient (Wildman–Crippen LogP) is 4.17. The third kappa shape index (κ3) is 3.42. The summed E-state index contributed by atoms with van der Waals surface area (Å²) in [5.74, 6) is -0.801. The number of rotatable bonds is 3. The van der Waals surface area contributed by atoms with E-state index < -0.39 is 15.8 Å². The van der Waals surface area contributed by atoms with Gasteiger partial charge in [-0.05, 0) is 63.6 Å². The Morgan fingerprint density at radius 2 is 1.91 bits per heavy atom. The summed E-state index contributed by atoms with van der Waals surface area (Å²) in [5, 5.41) is 9.10. The Hall–Kier alpha value is -1.18. The largest absolute Gasteiger partial charge is 0.277 e. The third-order valence-electron chi connectivity index (χ3n) is 2.85. The third-order valence-corrected chi connectivity index (χ3v) is 5.64. The van der Waals surface area contributed by atoms with Crippen molar-refractivity contribution in [1.82, 2.24) is 0 Å². The molecule has 114 valence electrons. The van der Waals surface area contributed by atoms with Crippen molar-refractivity contribution < 1.29 is 12.8 Å². The van der Waals surface area contributed by atoms with E-state index >= 15 is 0 Å². The van der Waals surface area contributed by atoms with Gasteiger partial charge >= 0.3 is 0 Å². The highest BCUT2D eigenvalue weighted by molar-refractivity contribution is 14.1. The van der Waals surface area contributed by atoms with E-state index in [0.717, 1.165) is 5.56 Å². The second-order valence-corrected chi connectivity index (χ2v) is 8.13. The van der Waals surface area contributed by atoms with E-state index in [1.807, 2.05) is 29.5 Å². The van der Waals surface area contributed by atoms with Gasteiger partial charge in [0.1, 0.15) is 11.6 Å². The molecule has 0 aliphatic rings. The zero-order valence-corrected chi connectivity index (χ0v) is 15.8. The zero-order valence-electron chi connectivity index (χ0n) is 11.2. The maximum Gasteiger partial charge on any atom is 0.261 e. The molecule has 0 unspecified atom stereocenters. The number of hydrogen-bond acceptors (Lipinski definition) is 3. The van der Waals surface area contributed by atoms with Crippen LogP contribution < -0.4 is 4.72 Å². The van der Waals surface area contributed by atoms with Gasteiger partial charge in [0, 0.05) is 3.57 Å². The highest BCUT2D eigenvalue weighted by Crippen LogP contribution is 2.32. The van der Waals surface area contributed by atoms with Crippen molar-refractivity contribution in [3.63, 3.8) is 0 Å². The molecule has 0 fully saturated rings.